The van der Waals surface area contributed by atoms with Crippen molar-refractivity contribution in [1.82, 2.24) is 10.2 Å². The van der Waals surface area contributed by atoms with E-state index in [9.17, 15) is 24.5 Å². The van der Waals surface area contributed by atoms with Gasteiger partial charge < -0.3 is 14.2 Å². The van der Waals surface area contributed by atoms with Gasteiger partial charge in [0.05, 0.1) is 23.7 Å². The zero-order chi connectivity index (χ0) is 24.1. The lowest BCUT2D eigenvalue weighted by molar-refractivity contribution is -0.385. The predicted octanol–water partition coefficient (Wildman–Crippen LogP) is 3.28. The van der Waals surface area contributed by atoms with Gasteiger partial charge in [-0.1, -0.05) is 11.3 Å². The molecule has 0 saturated heterocycles. The number of ether oxygens (including phenoxy) is 3. The third-order valence-electron chi connectivity index (χ3n) is 3.83. The molecule has 1 heterocycles. The molecular formula is C20H23N3O8S. The van der Waals surface area contributed by atoms with E-state index in [0.29, 0.717) is 5.56 Å². The van der Waals surface area contributed by atoms with E-state index >= 15 is 0 Å². The summed E-state index contributed by atoms with van der Waals surface area (Å²) < 4.78 is 15.1. The third kappa shape index (κ3) is 6.06. The van der Waals surface area contributed by atoms with Gasteiger partial charge in [0.2, 0.25) is 5.01 Å². The Bertz CT molecular complexity index is 1010. The van der Waals surface area contributed by atoms with Gasteiger partial charge in [0.25, 0.3) is 5.69 Å². The van der Waals surface area contributed by atoms with Crippen molar-refractivity contribution in [2.45, 2.75) is 46.1 Å². The van der Waals surface area contributed by atoms with Crippen LogP contribution in [0.2, 0.25) is 0 Å². The van der Waals surface area contributed by atoms with Crippen molar-refractivity contribution in [2.75, 3.05) is 13.2 Å². The fraction of sp³-hybridized carbons (Fsp3) is 0.450. The van der Waals surface area contributed by atoms with Gasteiger partial charge in [0, 0.05) is 11.6 Å². The summed E-state index contributed by atoms with van der Waals surface area (Å²) in [6, 6.07) is 3.80. The molecular weight excluding hydrogens is 442 g/mol. The Morgan fingerprint density at radius 3 is 2.19 bits per heavy atom. The van der Waals surface area contributed by atoms with Crippen LogP contribution in [-0.2, 0) is 23.8 Å². The summed E-state index contributed by atoms with van der Waals surface area (Å²) in [4.78, 5) is 48.0. The van der Waals surface area contributed by atoms with Crippen molar-refractivity contribution in [2.24, 2.45) is 0 Å². The van der Waals surface area contributed by atoms with E-state index in [1.54, 1.807) is 34.6 Å². The summed E-state index contributed by atoms with van der Waals surface area (Å²) in [5, 5.41) is 19.6. The monoisotopic (exact) mass is 465 g/mol. The summed E-state index contributed by atoms with van der Waals surface area (Å²) in [6.45, 7) is 8.16. The Hall–Kier alpha value is -3.41. The van der Waals surface area contributed by atoms with E-state index < -0.39 is 40.0 Å². The van der Waals surface area contributed by atoms with Gasteiger partial charge in [-0.3, -0.25) is 19.7 Å². The van der Waals surface area contributed by atoms with E-state index in [2.05, 4.69) is 10.2 Å². The first-order chi connectivity index (χ1) is 15.0. The van der Waals surface area contributed by atoms with E-state index in [0.717, 1.165) is 17.4 Å². The minimum atomic E-state index is -1.66. The van der Waals surface area contributed by atoms with Gasteiger partial charge in [-0.25, -0.2) is 4.79 Å². The third-order valence-corrected chi connectivity index (χ3v) is 4.78. The van der Waals surface area contributed by atoms with Crippen molar-refractivity contribution in [3.8, 4) is 10.6 Å². The maximum absolute atomic E-state index is 12.5. The average Bonchev–Trinajstić information content (AvgIpc) is 3.17. The average molecular weight is 465 g/mol. The number of hydrogen-bond donors (Lipinski definition) is 0. The van der Waals surface area contributed by atoms with Gasteiger partial charge >= 0.3 is 17.9 Å². The molecule has 12 heteroatoms. The van der Waals surface area contributed by atoms with Crippen LogP contribution >= 0.6 is 11.3 Å². The Morgan fingerprint density at radius 1 is 1.09 bits per heavy atom. The summed E-state index contributed by atoms with van der Waals surface area (Å²) >= 11 is 0.908. The Balaban J connectivity index is 2.54. The number of benzene rings is 1. The molecule has 0 aliphatic heterocycles. The molecule has 2 aromatic rings. The van der Waals surface area contributed by atoms with E-state index in [1.807, 2.05) is 0 Å². The van der Waals surface area contributed by atoms with Crippen LogP contribution in [0.5, 0.6) is 0 Å². The predicted molar refractivity (Wildman–Crippen MR) is 113 cm³/mol. The lowest BCUT2D eigenvalue weighted by Gasteiger charge is -2.18. The highest BCUT2D eigenvalue weighted by molar-refractivity contribution is 7.16. The zero-order valence-electron chi connectivity index (χ0n) is 18.2. The molecule has 2 rings (SSSR count). The number of rotatable bonds is 8. The van der Waals surface area contributed by atoms with Crippen molar-refractivity contribution in [1.29, 1.82) is 0 Å². The standard InChI is InChI=1S/C20H23N3O8S/c1-6-29-17(24)14(18(25)30-7-2)12-10-11(8-9-13(12)23(27)28)15-21-22-16(32-15)19(26)31-20(3,4)5/h8-10,14H,6-7H2,1-5H3. The fourth-order valence-corrected chi connectivity index (χ4v) is 3.35. The van der Waals surface area contributed by atoms with Gasteiger partial charge in [-0.15, -0.1) is 10.2 Å². The van der Waals surface area contributed by atoms with Crippen molar-refractivity contribution >= 4 is 34.9 Å². The number of esters is 3. The molecule has 0 N–H and O–H groups in total. The molecule has 1 aromatic heterocycles. The maximum Gasteiger partial charge on any atom is 0.369 e. The highest BCUT2D eigenvalue weighted by Crippen LogP contribution is 2.34. The lowest BCUT2D eigenvalue weighted by atomic mass is 9.95. The topological polar surface area (TPSA) is 148 Å². The molecule has 172 valence electrons. The molecule has 32 heavy (non-hydrogen) atoms. The normalized spacial score (nSPS) is 11.2. The number of hydrogen-bond acceptors (Lipinski definition) is 11. The lowest BCUT2D eigenvalue weighted by Crippen LogP contribution is -2.27. The van der Waals surface area contributed by atoms with Gasteiger partial charge in [0.1, 0.15) is 10.6 Å². The molecule has 0 amide bonds. The Labute approximate surface area is 187 Å². The highest BCUT2D eigenvalue weighted by Gasteiger charge is 2.37. The van der Waals surface area contributed by atoms with Crippen LogP contribution in [0.1, 0.15) is 55.9 Å². The first-order valence-electron chi connectivity index (χ1n) is 9.67. The van der Waals surface area contributed by atoms with Crippen LogP contribution in [-0.4, -0.2) is 51.8 Å². The summed E-state index contributed by atoms with van der Waals surface area (Å²) in [5.41, 5.74) is -1.08. The van der Waals surface area contributed by atoms with Crippen molar-refractivity contribution in [3.63, 3.8) is 0 Å². The number of nitro benzene ring substituents is 1. The smallest absolute Gasteiger partial charge is 0.369 e. The molecule has 11 nitrogen and oxygen atoms in total. The second-order valence-corrected chi connectivity index (χ2v) is 8.36. The quantitative estimate of drug-likeness (QED) is 0.187. The molecule has 0 fully saturated rings. The minimum absolute atomic E-state index is 0.0119. The SMILES string of the molecule is CCOC(=O)C(C(=O)OCC)c1cc(-c2nnc(C(=O)OC(C)(C)C)s2)ccc1[N+](=O)[O-]. The van der Waals surface area contributed by atoms with Crippen LogP contribution in [0, 0.1) is 10.1 Å². The summed E-state index contributed by atoms with van der Waals surface area (Å²) in [5.74, 6) is -4.27. The second kappa shape index (κ2) is 10.3. The number of nitrogens with zero attached hydrogens (tertiary/aromatic N) is 3. The van der Waals surface area contributed by atoms with E-state index in [1.165, 1.54) is 12.1 Å². The molecule has 0 aliphatic rings. The summed E-state index contributed by atoms with van der Waals surface area (Å²) in [6.07, 6.45) is 0. The molecule has 0 aliphatic carbocycles. The molecule has 0 unspecified atom stereocenters. The van der Waals surface area contributed by atoms with Crippen LogP contribution in [0.15, 0.2) is 18.2 Å². The number of carbonyl (C=O) groups is 3. The molecule has 0 atom stereocenters. The summed E-state index contributed by atoms with van der Waals surface area (Å²) in [7, 11) is 0. The second-order valence-electron chi connectivity index (χ2n) is 7.38. The Morgan fingerprint density at radius 2 is 1.69 bits per heavy atom. The first kappa shape index (κ1) is 24.9. The van der Waals surface area contributed by atoms with Crippen LogP contribution in [0.4, 0.5) is 5.69 Å². The maximum atomic E-state index is 12.5. The zero-order valence-corrected chi connectivity index (χ0v) is 19.1. The van der Waals surface area contributed by atoms with Crippen LogP contribution in [0.3, 0.4) is 0 Å². The molecule has 0 radical (unpaired) electrons. The van der Waals surface area contributed by atoms with Gasteiger partial charge in [0.15, 0.2) is 5.92 Å². The van der Waals surface area contributed by atoms with E-state index in [-0.39, 0.29) is 28.8 Å². The highest BCUT2D eigenvalue weighted by atomic mass is 32.1. The van der Waals surface area contributed by atoms with Gasteiger partial charge in [-0.05, 0) is 46.8 Å². The molecule has 0 saturated carbocycles. The van der Waals surface area contributed by atoms with E-state index in [4.69, 9.17) is 14.2 Å². The number of nitro groups is 1. The number of carbonyl (C=O) groups excluding carboxylic acids is 3. The van der Waals surface area contributed by atoms with Crippen LogP contribution in [0.25, 0.3) is 10.6 Å². The Kier molecular flexibility index (Phi) is 7.97. The van der Waals surface area contributed by atoms with Crippen LogP contribution < -0.4 is 0 Å². The fourth-order valence-electron chi connectivity index (χ4n) is 2.63. The van der Waals surface area contributed by atoms with Crippen molar-refractivity contribution in [3.05, 3.63) is 38.9 Å². The van der Waals surface area contributed by atoms with Crippen molar-refractivity contribution < 1.29 is 33.5 Å². The number of aromatic nitrogens is 2. The molecule has 0 bridgehead atoms. The molecule has 1 aromatic carbocycles. The molecule has 0 spiro atoms. The minimum Gasteiger partial charge on any atom is -0.465 e. The largest absolute Gasteiger partial charge is 0.465 e. The first-order valence-corrected chi connectivity index (χ1v) is 10.5. The van der Waals surface area contributed by atoms with Gasteiger partial charge in [-0.2, -0.15) is 0 Å².